The molecule has 5 heteroatoms. The topological polar surface area (TPSA) is 59.1 Å². The van der Waals surface area contributed by atoms with Crippen molar-refractivity contribution in [3.05, 3.63) is 17.7 Å². The van der Waals surface area contributed by atoms with Gasteiger partial charge in [-0.1, -0.05) is 20.8 Å². The van der Waals surface area contributed by atoms with Gasteiger partial charge in [0.15, 0.2) is 14.9 Å². The first-order valence-electron chi connectivity index (χ1n) is 5.50. The Kier molecular flexibility index (Phi) is 3.81. The fourth-order valence-corrected chi connectivity index (χ4v) is 1.94. The van der Waals surface area contributed by atoms with Crippen LogP contribution in [0.25, 0.3) is 0 Å². The molecule has 4 nitrogen and oxygen atoms in total. The zero-order chi connectivity index (χ0) is 13.3. The molecule has 0 aromatic carbocycles. The maximum absolute atomic E-state index is 11.4. The lowest BCUT2D eigenvalue weighted by Crippen LogP contribution is -2.20. The molecule has 0 atom stereocenters. The highest BCUT2D eigenvalue weighted by molar-refractivity contribution is 7.90. The second-order valence-corrected chi connectivity index (χ2v) is 7.52. The molecule has 0 aliphatic carbocycles. The van der Waals surface area contributed by atoms with E-state index < -0.39 is 9.84 Å². The van der Waals surface area contributed by atoms with E-state index in [1.165, 1.54) is 6.26 Å². The average molecular weight is 256 g/mol. The molecule has 0 bridgehead atoms. The van der Waals surface area contributed by atoms with Gasteiger partial charge in [-0.05, 0) is 30.0 Å². The van der Waals surface area contributed by atoms with Gasteiger partial charge < -0.3 is 5.32 Å². The quantitative estimate of drug-likeness (QED) is 0.901. The van der Waals surface area contributed by atoms with Crippen LogP contribution in [-0.2, 0) is 9.84 Å². The minimum Gasteiger partial charge on any atom is -0.370 e. The van der Waals surface area contributed by atoms with Crippen LogP contribution in [0.15, 0.2) is 17.2 Å². The molecular formula is C12H20N2O2S. The molecule has 0 aliphatic heterocycles. The number of aryl methyl sites for hydroxylation is 1. The lowest BCUT2D eigenvalue weighted by atomic mass is 9.97. The average Bonchev–Trinajstić information content (AvgIpc) is 2.11. The standard InChI is InChI=1S/C12H20N2O2S/c1-9-6-10(13-8-12(2,3)4)14-11(7-9)17(5,15)16/h6-7H,8H2,1-5H3,(H,13,14). The summed E-state index contributed by atoms with van der Waals surface area (Å²) in [7, 11) is -3.25. The lowest BCUT2D eigenvalue weighted by molar-refractivity contribution is 0.442. The maximum Gasteiger partial charge on any atom is 0.192 e. The first-order chi connectivity index (χ1) is 7.58. The van der Waals surface area contributed by atoms with Crippen LogP contribution in [0.1, 0.15) is 26.3 Å². The molecular weight excluding hydrogens is 236 g/mol. The summed E-state index contributed by atoms with van der Waals surface area (Å²) in [6.45, 7) is 8.92. The number of aromatic nitrogens is 1. The van der Waals surface area contributed by atoms with E-state index in [2.05, 4.69) is 31.1 Å². The summed E-state index contributed by atoms with van der Waals surface area (Å²) in [6, 6.07) is 3.43. The van der Waals surface area contributed by atoms with Crippen molar-refractivity contribution in [2.75, 3.05) is 18.1 Å². The molecule has 0 fully saturated rings. The molecule has 0 saturated carbocycles. The summed E-state index contributed by atoms with van der Waals surface area (Å²) >= 11 is 0. The van der Waals surface area contributed by atoms with Crippen LogP contribution < -0.4 is 5.32 Å². The van der Waals surface area contributed by atoms with Gasteiger partial charge in [0.1, 0.15) is 5.82 Å². The predicted molar refractivity (Wildman–Crippen MR) is 70.0 cm³/mol. The van der Waals surface area contributed by atoms with Crippen molar-refractivity contribution < 1.29 is 8.42 Å². The van der Waals surface area contributed by atoms with Gasteiger partial charge in [-0.3, -0.25) is 0 Å². The zero-order valence-corrected chi connectivity index (χ0v) is 11.9. The number of hydrogen-bond donors (Lipinski definition) is 1. The summed E-state index contributed by atoms with van der Waals surface area (Å²) in [5.74, 6) is 0.611. The molecule has 0 amide bonds. The number of sulfone groups is 1. The van der Waals surface area contributed by atoms with Crippen molar-refractivity contribution in [1.82, 2.24) is 4.98 Å². The first-order valence-corrected chi connectivity index (χ1v) is 7.40. The third-order valence-electron chi connectivity index (χ3n) is 2.13. The number of rotatable bonds is 3. The molecule has 1 aromatic heterocycles. The molecule has 0 saturated heterocycles. The Labute approximate surface area is 103 Å². The van der Waals surface area contributed by atoms with Gasteiger partial charge in [-0.15, -0.1) is 0 Å². The molecule has 17 heavy (non-hydrogen) atoms. The molecule has 0 radical (unpaired) electrons. The smallest absolute Gasteiger partial charge is 0.192 e. The Bertz CT molecular complexity index is 502. The van der Waals surface area contributed by atoms with Gasteiger partial charge in [-0.25, -0.2) is 13.4 Å². The third-order valence-corrected chi connectivity index (χ3v) is 3.09. The van der Waals surface area contributed by atoms with E-state index >= 15 is 0 Å². The number of pyridine rings is 1. The van der Waals surface area contributed by atoms with Crippen LogP contribution >= 0.6 is 0 Å². The van der Waals surface area contributed by atoms with Crippen molar-refractivity contribution >= 4 is 15.7 Å². The monoisotopic (exact) mass is 256 g/mol. The first kappa shape index (κ1) is 14.0. The predicted octanol–water partition coefficient (Wildman–Crippen LogP) is 2.25. The fourth-order valence-electron chi connectivity index (χ4n) is 1.27. The summed E-state index contributed by atoms with van der Waals surface area (Å²) in [5, 5.41) is 3.28. The summed E-state index contributed by atoms with van der Waals surface area (Å²) in [4.78, 5) is 4.11. The van der Waals surface area contributed by atoms with E-state index in [-0.39, 0.29) is 10.4 Å². The van der Waals surface area contributed by atoms with Gasteiger partial charge >= 0.3 is 0 Å². The van der Waals surface area contributed by atoms with E-state index in [9.17, 15) is 8.42 Å². The van der Waals surface area contributed by atoms with Crippen LogP contribution in [0.4, 0.5) is 5.82 Å². The Morgan fingerprint density at radius 3 is 2.35 bits per heavy atom. The molecule has 1 N–H and O–H groups in total. The van der Waals surface area contributed by atoms with E-state index in [1.54, 1.807) is 6.07 Å². The van der Waals surface area contributed by atoms with Crippen LogP contribution in [0.2, 0.25) is 0 Å². The third kappa shape index (κ3) is 4.73. The zero-order valence-electron chi connectivity index (χ0n) is 11.0. The number of anilines is 1. The molecule has 0 aliphatic rings. The summed E-state index contributed by atoms with van der Waals surface area (Å²) in [5.41, 5.74) is 1.01. The highest BCUT2D eigenvalue weighted by atomic mass is 32.2. The SMILES string of the molecule is Cc1cc(NCC(C)(C)C)nc(S(C)(=O)=O)c1. The van der Waals surface area contributed by atoms with Crippen molar-refractivity contribution in [2.45, 2.75) is 32.7 Å². The van der Waals surface area contributed by atoms with Crippen LogP contribution in [0.5, 0.6) is 0 Å². The van der Waals surface area contributed by atoms with Gasteiger partial charge in [-0.2, -0.15) is 0 Å². The van der Waals surface area contributed by atoms with Gasteiger partial charge in [0.05, 0.1) is 0 Å². The van der Waals surface area contributed by atoms with Crippen LogP contribution in [0, 0.1) is 12.3 Å². The second-order valence-electron chi connectivity index (χ2n) is 5.55. The van der Waals surface area contributed by atoms with Crippen LogP contribution in [-0.4, -0.2) is 26.2 Å². The van der Waals surface area contributed by atoms with Crippen molar-refractivity contribution in [3.8, 4) is 0 Å². The number of nitrogens with one attached hydrogen (secondary N) is 1. The van der Waals surface area contributed by atoms with Gasteiger partial charge in [0.2, 0.25) is 0 Å². The molecule has 1 aromatic rings. The van der Waals surface area contributed by atoms with Gasteiger partial charge in [0.25, 0.3) is 0 Å². The van der Waals surface area contributed by atoms with Gasteiger partial charge in [0, 0.05) is 12.8 Å². The Morgan fingerprint density at radius 2 is 1.88 bits per heavy atom. The Balaban J connectivity index is 2.99. The minimum absolute atomic E-state index is 0.119. The Morgan fingerprint density at radius 1 is 1.29 bits per heavy atom. The summed E-state index contributed by atoms with van der Waals surface area (Å²) in [6.07, 6.45) is 1.17. The van der Waals surface area contributed by atoms with Crippen molar-refractivity contribution in [1.29, 1.82) is 0 Å². The molecule has 0 unspecified atom stereocenters. The minimum atomic E-state index is -3.25. The molecule has 1 rings (SSSR count). The van der Waals surface area contributed by atoms with E-state index in [1.807, 2.05) is 13.0 Å². The van der Waals surface area contributed by atoms with E-state index in [0.29, 0.717) is 5.82 Å². The highest BCUT2D eigenvalue weighted by Crippen LogP contribution is 2.17. The largest absolute Gasteiger partial charge is 0.370 e. The van der Waals surface area contributed by atoms with E-state index in [4.69, 9.17) is 0 Å². The molecule has 96 valence electrons. The Hall–Kier alpha value is -1.10. The van der Waals surface area contributed by atoms with Crippen LogP contribution in [0.3, 0.4) is 0 Å². The molecule has 1 heterocycles. The normalized spacial score (nSPS) is 12.5. The van der Waals surface area contributed by atoms with Crippen molar-refractivity contribution in [2.24, 2.45) is 5.41 Å². The summed E-state index contributed by atoms with van der Waals surface area (Å²) < 4.78 is 22.9. The molecule has 0 spiro atoms. The van der Waals surface area contributed by atoms with E-state index in [0.717, 1.165) is 12.1 Å². The number of nitrogens with zero attached hydrogens (tertiary/aromatic N) is 1. The maximum atomic E-state index is 11.4. The fraction of sp³-hybridized carbons (Fsp3) is 0.583. The number of hydrogen-bond acceptors (Lipinski definition) is 4. The van der Waals surface area contributed by atoms with Crippen molar-refractivity contribution in [3.63, 3.8) is 0 Å². The highest BCUT2D eigenvalue weighted by Gasteiger charge is 2.13. The lowest BCUT2D eigenvalue weighted by Gasteiger charge is -2.19. The second kappa shape index (κ2) is 4.64.